The fourth-order valence-electron chi connectivity index (χ4n) is 2.17. The van der Waals surface area contributed by atoms with Crippen LogP contribution in [0.4, 0.5) is 0 Å². The minimum absolute atomic E-state index is 0.0309. The van der Waals surface area contributed by atoms with Crippen molar-refractivity contribution >= 4 is 22.9 Å². The van der Waals surface area contributed by atoms with E-state index < -0.39 is 16.6 Å². The third kappa shape index (κ3) is 4.96. The third-order valence-corrected chi connectivity index (χ3v) is 14.8. The average molecular weight is 411 g/mol. The first-order valence-electron chi connectivity index (χ1n) is 9.53. The average Bonchev–Trinajstić information content (AvgIpc) is 2.47. The Balaban J connectivity index is 3.54. The summed E-state index contributed by atoms with van der Waals surface area (Å²) in [6.07, 6.45) is 0.855. The summed E-state index contributed by atoms with van der Waals surface area (Å²) in [7, 11) is -2.54. The largest absolute Gasteiger partial charge is 0.543 e. The van der Waals surface area contributed by atoms with Gasteiger partial charge in [-0.3, -0.25) is 4.79 Å². The molecule has 0 radical (unpaired) electrons. The zero-order chi connectivity index (χ0) is 21.4. The van der Waals surface area contributed by atoms with Crippen LogP contribution in [0.3, 0.4) is 0 Å². The number of methoxy groups -OCH3 is 1. The Morgan fingerprint density at radius 1 is 0.852 bits per heavy atom. The monoisotopic (exact) mass is 410 g/mol. The van der Waals surface area contributed by atoms with E-state index in [4.69, 9.17) is 13.6 Å². The summed E-state index contributed by atoms with van der Waals surface area (Å²) < 4.78 is 18.7. The maximum Gasteiger partial charge on any atom is 0.250 e. The first kappa shape index (κ1) is 23.8. The maximum atomic E-state index is 11.9. The van der Waals surface area contributed by atoms with Crippen LogP contribution in [0.2, 0.25) is 36.3 Å². The van der Waals surface area contributed by atoms with Crippen LogP contribution < -0.4 is 13.6 Å². The molecule has 0 aliphatic rings. The molecule has 0 amide bonds. The van der Waals surface area contributed by atoms with Crippen molar-refractivity contribution in [2.75, 3.05) is 7.11 Å². The van der Waals surface area contributed by atoms with Crippen LogP contribution in [0.1, 0.15) is 57.5 Å². The van der Waals surface area contributed by atoms with Crippen molar-refractivity contribution in [1.82, 2.24) is 0 Å². The highest BCUT2D eigenvalue weighted by Crippen LogP contribution is 2.46. The Kier molecular flexibility index (Phi) is 6.71. The Morgan fingerprint density at radius 2 is 1.30 bits per heavy atom. The van der Waals surface area contributed by atoms with Gasteiger partial charge >= 0.3 is 0 Å². The first-order valence-corrected chi connectivity index (χ1v) is 15.3. The van der Waals surface area contributed by atoms with Gasteiger partial charge in [-0.2, -0.15) is 0 Å². The van der Waals surface area contributed by atoms with Crippen LogP contribution in [-0.2, 0) is 0 Å². The SMILES string of the molecule is COc1c(O[Si](C)(C)C(C)(C)C)cc(C=O)c(O[Si](C)(C)C(C)(C)C)c1C. The van der Waals surface area contributed by atoms with Gasteiger partial charge in [0, 0.05) is 5.56 Å². The van der Waals surface area contributed by atoms with Crippen LogP contribution in [0.15, 0.2) is 6.07 Å². The number of ether oxygens (including phenoxy) is 1. The Morgan fingerprint density at radius 3 is 1.67 bits per heavy atom. The normalized spacial score (nSPS) is 13.3. The molecule has 0 unspecified atom stereocenters. The molecule has 1 aromatic carbocycles. The summed E-state index contributed by atoms with van der Waals surface area (Å²) in [6.45, 7) is 23.8. The molecule has 0 N–H and O–H groups in total. The topological polar surface area (TPSA) is 44.8 Å². The quantitative estimate of drug-likeness (QED) is 0.392. The van der Waals surface area contributed by atoms with E-state index in [0.29, 0.717) is 22.8 Å². The summed E-state index contributed by atoms with van der Waals surface area (Å²) in [5.41, 5.74) is 1.34. The molecule has 4 nitrogen and oxygen atoms in total. The fraction of sp³-hybridized carbons (Fsp3) is 0.667. The van der Waals surface area contributed by atoms with Gasteiger partial charge in [0.25, 0.3) is 16.6 Å². The minimum Gasteiger partial charge on any atom is -0.543 e. The van der Waals surface area contributed by atoms with Crippen molar-refractivity contribution in [2.45, 2.75) is 84.7 Å². The number of benzene rings is 1. The molecular formula is C21H38O4Si2. The predicted molar refractivity (Wildman–Crippen MR) is 119 cm³/mol. The van der Waals surface area contributed by atoms with E-state index in [-0.39, 0.29) is 10.1 Å². The minimum atomic E-state index is -2.10. The van der Waals surface area contributed by atoms with Crippen LogP contribution >= 0.6 is 0 Å². The second kappa shape index (κ2) is 7.62. The molecule has 154 valence electrons. The van der Waals surface area contributed by atoms with Crippen molar-refractivity contribution in [1.29, 1.82) is 0 Å². The van der Waals surface area contributed by atoms with Gasteiger partial charge in [0.1, 0.15) is 11.5 Å². The van der Waals surface area contributed by atoms with E-state index in [1.807, 2.05) is 6.92 Å². The molecular weight excluding hydrogens is 372 g/mol. The van der Waals surface area contributed by atoms with Crippen LogP contribution in [0, 0.1) is 6.92 Å². The lowest BCUT2D eigenvalue weighted by Gasteiger charge is -2.39. The maximum absolute atomic E-state index is 11.9. The summed E-state index contributed by atoms with van der Waals surface area (Å²) in [5, 5.41) is 0.0761. The molecule has 0 atom stereocenters. The van der Waals surface area contributed by atoms with E-state index in [0.717, 1.165) is 11.8 Å². The van der Waals surface area contributed by atoms with Crippen molar-refractivity contribution < 1.29 is 18.4 Å². The number of aldehydes is 1. The van der Waals surface area contributed by atoms with E-state index in [1.54, 1.807) is 13.2 Å². The first-order chi connectivity index (χ1) is 12.0. The standard InChI is InChI=1S/C21H38O4Si2/c1-15-18(25-27(11,12)21(5,6)7)16(14-22)13-17(19(15)23-8)24-26(9,10)20(2,3)4/h13-14H,1-12H3. The van der Waals surface area contributed by atoms with Crippen LogP contribution in [0.25, 0.3) is 0 Å². The number of hydrogen-bond acceptors (Lipinski definition) is 4. The Labute approximate surface area is 167 Å². The van der Waals surface area contributed by atoms with Gasteiger partial charge in [0.05, 0.1) is 12.7 Å². The van der Waals surface area contributed by atoms with Gasteiger partial charge in [-0.1, -0.05) is 41.5 Å². The van der Waals surface area contributed by atoms with Crippen molar-refractivity contribution in [3.05, 3.63) is 17.2 Å². The molecule has 0 heterocycles. The van der Waals surface area contributed by atoms with Gasteiger partial charge in [0.2, 0.25) is 0 Å². The highest BCUT2D eigenvalue weighted by molar-refractivity contribution is 6.75. The van der Waals surface area contributed by atoms with E-state index >= 15 is 0 Å². The van der Waals surface area contributed by atoms with E-state index in [2.05, 4.69) is 67.7 Å². The van der Waals surface area contributed by atoms with Gasteiger partial charge < -0.3 is 13.6 Å². The summed E-state index contributed by atoms with van der Waals surface area (Å²) in [5.74, 6) is 1.90. The van der Waals surface area contributed by atoms with Gasteiger partial charge in [-0.25, -0.2) is 0 Å². The van der Waals surface area contributed by atoms with Gasteiger partial charge in [0.15, 0.2) is 12.0 Å². The number of carbonyl (C=O) groups is 1. The van der Waals surface area contributed by atoms with Crippen molar-refractivity contribution in [3.8, 4) is 17.2 Å². The zero-order valence-electron chi connectivity index (χ0n) is 19.3. The molecule has 1 rings (SSSR count). The number of rotatable bonds is 6. The number of carbonyl (C=O) groups excluding carboxylic acids is 1. The van der Waals surface area contributed by atoms with Gasteiger partial charge in [-0.05, 0) is 49.3 Å². The van der Waals surface area contributed by atoms with Gasteiger partial charge in [-0.15, -0.1) is 0 Å². The Hall–Kier alpha value is -1.28. The lowest BCUT2D eigenvalue weighted by atomic mass is 10.1. The molecule has 0 aromatic heterocycles. The van der Waals surface area contributed by atoms with Crippen molar-refractivity contribution in [2.24, 2.45) is 0 Å². The van der Waals surface area contributed by atoms with E-state index in [1.165, 1.54) is 0 Å². The summed E-state index contributed by atoms with van der Waals surface area (Å²) >= 11 is 0. The zero-order valence-corrected chi connectivity index (χ0v) is 21.3. The smallest absolute Gasteiger partial charge is 0.250 e. The predicted octanol–water partition coefficient (Wildman–Crippen LogP) is 6.58. The molecule has 0 fully saturated rings. The lowest BCUT2D eigenvalue weighted by Crippen LogP contribution is -2.44. The molecule has 0 saturated heterocycles. The highest BCUT2D eigenvalue weighted by Gasteiger charge is 2.42. The molecule has 27 heavy (non-hydrogen) atoms. The molecule has 6 heteroatoms. The molecule has 0 saturated carbocycles. The molecule has 0 aliphatic carbocycles. The number of hydrogen-bond donors (Lipinski definition) is 0. The second-order valence-corrected chi connectivity index (χ2v) is 19.7. The molecule has 0 aliphatic heterocycles. The lowest BCUT2D eigenvalue weighted by molar-refractivity contribution is 0.112. The Bertz CT molecular complexity index is 696. The van der Waals surface area contributed by atoms with Crippen LogP contribution in [0.5, 0.6) is 17.2 Å². The molecule has 0 bridgehead atoms. The highest BCUT2D eigenvalue weighted by atomic mass is 28.4. The van der Waals surface area contributed by atoms with Crippen LogP contribution in [-0.4, -0.2) is 30.0 Å². The fourth-order valence-corrected chi connectivity index (χ4v) is 4.26. The van der Waals surface area contributed by atoms with Crippen molar-refractivity contribution in [3.63, 3.8) is 0 Å². The summed E-state index contributed by atoms with van der Waals surface area (Å²) in [4.78, 5) is 11.9. The summed E-state index contributed by atoms with van der Waals surface area (Å²) in [6, 6.07) is 1.78. The molecule has 1 aromatic rings. The molecule has 0 spiro atoms. The second-order valence-electron chi connectivity index (χ2n) is 10.3. The third-order valence-electron chi connectivity index (χ3n) is 6.12. The van der Waals surface area contributed by atoms with E-state index in [9.17, 15) is 4.79 Å².